The van der Waals surface area contributed by atoms with Crippen molar-refractivity contribution in [1.82, 2.24) is 14.8 Å². The number of halogens is 3. The van der Waals surface area contributed by atoms with E-state index in [1.807, 2.05) is 0 Å². The van der Waals surface area contributed by atoms with Crippen LogP contribution in [0.15, 0.2) is 12.3 Å². The SMILES string of the molecule is CC(c1cnc2c(c1)c(C(=O)O)nn2COCC[Si](C)(C)C)C(F)(F)F. The molecule has 2 aromatic heterocycles. The summed E-state index contributed by atoms with van der Waals surface area (Å²) < 4.78 is 45.6. The average molecular weight is 389 g/mol. The van der Waals surface area contributed by atoms with E-state index in [9.17, 15) is 23.1 Å². The first-order valence-electron chi connectivity index (χ1n) is 8.14. The predicted octanol–water partition coefficient (Wildman–Crippen LogP) is 4.11. The Balaban J connectivity index is 2.31. The monoisotopic (exact) mass is 389 g/mol. The van der Waals surface area contributed by atoms with Crippen molar-refractivity contribution in [2.45, 2.75) is 51.4 Å². The van der Waals surface area contributed by atoms with Crippen LogP contribution in [0.2, 0.25) is 25.7 Å². The van der Waals surface area contributed by atoms with E-state index in [4.69, 9.17) is 4.74 Å². The number of alkyl halides is 3. The zero-order valence-electron chi connectivity index (χ0n) is 15.1. The number of rotatable bonds is 7. The van der Waals surface area contributed by atoms with Gasteiger partial charge in [-0.15, -0.1) is 0 Å². The summed E-state index contributed by atoms with van der Waals surface area (Å²) in [4.78, 5) is 15.4. The molecule has 144 valence electrons. The summed E-state index contributed by atoms with van der Waals surface area (Å²) in [6.07, 6.45) is -3.33. The number of pyridine rings is 1. The molecule has 0 amide bonds. The lowest BCUT2D eigenvalue weighted by atomic mass is 10.0. The summed E-state index contributed by atoms with van der Waals surface area (Å²) in [5.74, 6) is -3.08. The zero-order chi connectivity index (χ0) is 19.7. The topological polar surface area (TPSA) is 77.2 Å². The highest BCUT2D eigenvalue weighted by molar-refractivity contribution is 6.76. The number of nitrogens with zero attached hydrogens (tertiary/aromatic N) is 3. The number of hydrogen-bond donors (Lipinski definition) is 1. The Hall–Kier alpha value is -1.94. The van der Waals surface area contributed by atoms with Crippen LogP contribution in [0.25, 0.3) is 11.0 Å². The van der Waals surface area contributed by atoms with Crippen molar-refractivity contribution in [2.75, 3.05) is 6.61 Å². The van der Waals surface area contributed by atoms with E-state index in [1.165, 1.54) is 10.7 Å². The molecule has 1 N–H and O–H groups in total. The maximum atomic E-state index is 12.9. The molecule has 0 saturated heterocycles. The molecule has 0 radical (unpaired) electrons. The standard InChI is InChI=1S/C16H22F3N3O3Si/c1-10(16(17,18)19)11-7-12-13(15(23)24)21-22(14(12)20-8-11)9-25-5-6-26(2,3)4/h7-8,10H,5-6,9H2,1-4H3,(H,23,24). The third-order valence-corrected chi connectivity index (χ3v) is 5.72. The number of carboxylic acid groups (broad SMARTS) is 1. The molecule has 0 aromatic carbocycles. The second-order valence-electron chi connectivity index (χ2n) is 7.40. The third-order valence-electron chi connectivity index (χ3n) is 4.01. The van der Waals surface area contributed by atoms with E-state index < -0.39 is 26.1 Å². The van der Waals surface area contributed by atoms with Crippen LogP contribution in [0.1, 0.15) is 28.9 Å². The highest BCUT2D eigenvalue weighted by Crippen LogP contribution is 2.35. The molecule has 2 heterocycles. The lowest BCUT2D eigenvalue weighted by Crippen LogP contribution is -2.22. The smallest absolute Gasteiger partial charge is 0.395 e. The van der Waals surface area contributed by atoms with E-state index in [0.29, 0.717) is 6.61 Å². The Morgan fingerprint density at radius 2 is 2.04 bits per heavy atom. The van der Waals surface area contributed by atoms with Crippen LogP contribution in [-0.4, -0.2) is 46.7 Å². The van der Waals surface area contributed by atoms with Gasteiger partial charge in [0.1, 0.15) is 6.73 Å². The minimum atomic E-state index is -4.44. The van der Waals surface area contributed by atoms with Gasteiger partial charge in [0.25, 0.3) is 0 Å². The van der Waals surface area contributed by atoms with Crippen LogP contribution in [0.4, 0.5) is 13.2 Å². The number of aromatic nitrogens is 3. The molecule has 2 rings (SSSR count). The van der Waals surface area contributed by atoms with Gasteiger partial charge in [-0.05, 0) is 24.6 Å². The summed E-state index contributed by atoms with van der Waals surface area (Å²) in [6.45, 7) is 8.11. The van der Waals surface area contributed by atoms with Crippen LogP contribution < -0.4 is 0 Å². The van der Waals surface area contributed by atoms with Crippen molar-refractivity contribution in [3.63, 3.8) is 0 Å². The van der Waals surface area contributed by atoms with Crippen LogP contribution in [-0.2, 0) is 11.5 Å². The zero-order valence-corrected chi connectivity index (χ0v) is 16.1. The molecular formula is C16H22F3N3O3Si. The maximum Gasteiger partial charge on any atom is 0.395 e. The highest BCUT2D eigenvalue weighted by Gasteiger charge is 2.37. The third kappa shape index (κ3) is 4.82. The van der Waals surface area contributed by atoms with Crippen molar-refractivity contribution in [3.8, 4) is 0 Å². The lowest BCUT2D eigenvalue weighted by Gasteiger charge is -2.16. The molecule has 6 nitrogen and oxygen atoms in total. The molecule has 0 fully saturated rings. The quantitative estimate of drug-likeness (QED) is 0.570. The van der Waals surface area contributed by atoms with E-state index in [1.54, 1.807) is 0 Å². The van der Waals surface area contributed by atoms with E-state index in [-0.39, 0.29) is 29.0 Å². The van der Waals surface area contributed by atoms with Crippen LogP contribution >= 0.6 is 0 Å². The number of carbonyl (C=O) groups is 1. The number of fused-ring (bicyclic) bond motifs is 1. The first-order valence-corrected chi connectivity index (χ1v) is 11.8. The molecule has 0 aliphatic carbocycles. The van der Waals surface area contributed by atoms with Gasteiger partial charge in [-0.25, -0.2) is 14.5 Å². The molecule has 0 aliphatic rings. The Bertz CT molecular complexity index is 800. The summed E-state index contributed by atoms with van der Waals surface area (Å²) in [5, 5.41) is 13.3. The Labute approximate surface area is 150 Å². The van der Waals surface area contributed by atoms with Crippen LogP contribution in [0.3, 0.4) is 0 Å². The molecule has 2 aromatic rings. The number of ether oxygens (including phenoxy) is 1. The number of aromatic carboxylic acids is 1. The van der Waals surface area contributed by atoms with Gasteiger partial charge in [-0.2, -0.15) is 18.3 Å². The fourth-order valence-corrected chi connectivity index (χ4v) is 3.04. The van der Waals surface area contributed by atoms with Gasteiger partial charge in [0.05, 0.1) is 11.3 Å². The molecule has 10 heteroatoms. The summed E-state index contributed by atoms with van der Waals surface area (Å²) in [5.41, 5.74) is -0.252. The minimum Gasteiger partial charge on any atom is -0.476 e. The molecule has 0 bridgehead atoms. The molecule has 0 spiro atoms. The first kappa shape index (κ1) is 20.4. The molecular weight excluding hydrogens is 367 g/mol. The predicted molar refractivity (Wildman–Crippen MR) is 93.1 cm³/mol. The van der Waals surface area contributed by atoms with E-state index in [2.05, 4.69) is 29.7 Å². The van der Waals surface area contributed by atoms with Crippen molar-refractivity contribution >= 4 is 25.1 Å². The maximum absolute atomic E-state index is 12.9. The number of hydrogen-bond acceptors (Lipinski definition) is 4. The van der Waals surface area contributed by atoms with Gasteiger partial charge in [-0.3, -0.25) is 0 Å². The highest BCUT2D eigenvalue weighted by atomic mass is 28.3. The normalized spacial score (nSPS) is 14.0. The second kappa shape index (κ2) is 7.35. The lowest BCUT2D eigenvalue weighted by molar-refractivity contribution is -0.146. The van der Waals surface area contributed by atoms with Crippen molar-refractivity contribution < 1.29 is 27.8 Å². The average Bonchev–Trinajstić information content (AvgIpc) is 2.87. The Kier molecular flexibility index (Phi) is 5.76. The van der Waals surface area contributed by atoms with E-state index in [0.717, 1.165) is 19.2 Å². The summed E-state index contributed by atoms with van der Waals surface area (Å²) in [6, 6.07) is 2.12. The van der Waals surface area contributed by atoms with Crippen LogP contribution in [0.5, 0.6) is 0 Å². The van der Waals surface area contributed by atoms with Crippen molar-refractivity contribution in [3.05, 3.63) is 23.5 Å². The molecule has 0 aliphatic heterocycles. The van der Waals surface area contributed by atoms with Gasteiger partial charge >= 0.3 is 12.1 Å². The molecule has 26 heavy (non-hydrogen) atoms. The minimum absolute atomic E-state index is 0.00453. The van der Waals surface area contributed by atoms with Crippen LogP contribution in [0, 0.1) is 0 Å². The van der Waals surface area contributed by atoms with Crippen molar-refractivity contribution in [1.29, 1.82) is 0 Å². The summed E-state index contributed by atoms with van der Waals surface area (Å²) >= 11 is 0. The molecule has 1 atom stereocenters. The largest absolute Gasteiger partial charge is 0.476 e. The Morgan fingerprint density at radius 3 is 2.58 bits per heavy atom. The molecule has 1 unspecified atom stereocenters. The van der Waals surface area contributed by atoms with Crippen molar-refractivity contribution in [2.24, 2.45) is 0 Å². The van der Waals surface area contributed by atoms with Gasteiger partial charge in [0.15, 0.2) is 11.3 Å². The second-order valence-corrected chi connectivity index (χ2v) is 13.0. The number of carboxylic acids is 1. The first-order chi connectivity index (χ1) is 11.9. The Morgan fingerprint density at radius 1 is 1.38 bits per heavy atom. The molecule has 0 saturated carbocycles. The van der Waals surface area contributed by atoms with E-state index >= 15 is 0 Å². The van der Waals surface area contributed by atoms with Gasteiger partial charge in [0, 0.05) is 20.9 Å². The fraction of sp³-hybridized carbons (Fsp3) is 0.562. The van der Waals surface area contributed by atoms with Gasteiger partial charge in [-0.1, -0.05) is 19.6 Å². The fourth-order valence-electron chi connectivity index (χ4n) is 2.28. The summed E-state index contributed by atoms with van der Waals surface area (Å²) in [7, 11) is -1.27. The van der Waals surface area contributed by atoms with Gasteiger partial charge < -0.3 is 9.84 Å². The van der Waals surface area contributed by atoms with Gasteiger partial charge in [0.2, 0.25) is 0 Å².